The lowest BCUT2D eigenvalue weighted by Crippen LogP contribution is -2.54. The average molecular weight is 1150 g/mol. The van der Waals surface area contributed by atoms with Crippen molar-refractivity contribution in [1.82, 2.24) is 0 Å². The van der Waals surface area contributed by atoms with Crippen LogP contribution in [0.4, 0.5) is 0 Å². The lowest BCUT2D eigenvalue weighted by molar-refractivity contribution is -0.147. The summed E-state index contributed by atoms with van der Waals surface area (Å²) in [5.74, 6) is 0.445. The zero-order chi connectivity index (χ0) is 47.1. The SMILES string of the molecule is C.C[SiH2]CCCOC(=O)C(C)C[Si]1(C)O[SiH](C)O[SiH](C)O[SiH](C)O1.C[SiH]1O[SiH](C)O[Si](C)(CCC2CCC3OC3C2)O[SiH](C)O1.C[SiH]1O[SiH](C)O[Si](C)(CCCOCC2CO2)O[SiH](C)O1. The lowest BCUT2D eigenvalue weighted by atomic mass is 9.88. The fourth-order valence-electron chi connectivity index (χ4n) is 8.80. The minimum absolute atomic E-state index is 0. The number of hydrogen-bond acceptors (Lipinski definition) is 17. The van der Waals surface area contributed by atoms with Crippen molar-refractivity contribution in [3.63, 3.8) is 0 Å². The zero-order valence-corrected chi connectivity index (χ0v) is 56.4. The normalized spacial score (nSPS) is 41.4. The summed E-state index contributed by atoms with van der Waals surface area (Å²) >= 11 is 0. The van der Waals surface area contributed by atoms with Gasteiger partial charge in [-0.3, -0.25) is 4.79 Å². The molecule has 6 fully saturated rings. The third kappa shape index (κ3) is 24.8. The summed E-state index contributed by atoms with van der Waals surface area (Å²) in [7, 11) is -21.2. The van der Waals surface area contributed by atoms with E-state index in [0.29, 0.717) is 37.6 Å². The largest absolute Gasteiger partial charge is 0.465 e. The van der Waals surface area contributed by atoms with Gasteiger partial charge in [0, 0.05) is 22.2 Å². The molecule has 0 amide bonds. The molecule has 0 aromatic carbocycles. The van der Waals surface area contributed by atoms with E-state index in [1.54, 1.807) is 0 Å². The Kier molecular flexibility index (Phi) is 28.2. The Morgan fingerprint density at radius 2 is 1.11 bits per heavy atom. The molecule has 0 aromatic rings. The quantitative estimate of drug-likeness (QED) is 0.0949. The highest BCUT2D eigenvalue weighted by Crippen LogP contribution is 2.42. The van der Waals surface area contributed by atoms with Crippen LogP contribution in [0.15, 0.2) is 0 Å². The molecule has 5 aliphatic heterocycles. The minimum Gasteiger partial charge on any atom is -0.465 e. The van der Waals surface area contributed by atoms with Gasteiger partial charge in [-0.05, 0) is 135 Å². The summed E-state index contributed by atoms with van der Waals surface area (Å²) in [5, 5.41) is 0. The molecule has 6 aliphatic rings. The first-order valence-corrected chi connectivity index (χ1v) is 53.0. The van der Waals surface area contributed by atoms with Gasteiger partial charge in [0.1, 0.15) is 6.10 Å². The molecule has 0 aromatic heterocycles. The highest BCUT2D eigenvalue weighted by Gasteiger charge is 2.46. The van der Waals surface area contributed by atoms with Crippen molar-refractivity contribution in [3.8, 4) is 0 Å². The van der Waals surface area contributed by atoms with Crippen LogP contribution in [0.5, 0.6) is 0 Å². The molecule has 17 nitrogen and oxygen atoms in total. The van der Waals surface area contributed by atoms with Gasteiger partial charge in [0.05, 0.1) is 37.9 Å². The van der Waals surface area contributed by atoms with Gasteiger partial charge in [-0.2, -0.15) is 0 Å². The molecule has 11 unspecified atom stereocenters. The maximum Gasteiger partial charge on any atom is 0.317 e. The van der Waals surface area contributed by atoms with Crippen LogP contribution in [-0.2, 0) is 73.1 Å². The van der Waals surface area contributed by atoms with Gasteiger partial charge in [-0.1, -0.05) is 26.9 Å². The van der Waals surface area contributed by atoms with E-state index in [0.717, 1.165) is 44.1 Å². The maximum atomic E-state index is 12.2. The summed E-state index contributed by atoms with van der Waals surface area (Å²) in [4.78, 5) is 12.2. The predicted molar refractivity (Wildman–Crippen MR) is 286 cm³/mol. The van der Waals surface area contributed by atoms with Crippen LogP contribution in [0.25, 0.3) is 0 Å². The number of ether oxygens (including phenoxy) is 4. The van der Waals surface area contributed by atoms with Crippen LogP contribution < -0.4 is 0 Å². The molecule has 0 bridgehead atoms. The Labute approximate surface area is 414 Å². The summed E-state index contributed by atoms with van der Waals surface area (Å²) in [5.41, 5.74) is 0. The van der Waals surface area contributed by atoms with Crippen LogP contribution in [0.3, 0.4) is 0 Å². The van der Waals surface area contributed by atoms with Gasteiger partial charge in [0.15, 0.2) is 0 Å². The molecule has 30 heteroatoms. The summed E-state index contributed by atoms with van der Waals surface area (Å²) in [6.07, 6.45) is 8.46. The number of rotatable bonds is 16. The van der Waals surface area contributed by atoms with E-state index < -0.39 is 109 Å². The predicted octanol–water partition coefficient (Wildman–Crippen LogP) is 3.67. The van der Waals surface area contributed by atoms with Gasteiger partial charge >= 0.3 is 31.7 Å². The number of esters is 1. The highest BCUT2D eigenvalue weighted by molar-refractivity contribution is 6.82. The van der Waals surface area contributed by atoms with Crippen LogP contribution >= 0.6 is 0 Å². The molecule has 5 saturated heterocycles. The van der Waals surface area contributed by atoms with Crippen LogP contribution in [0.2, 0.25) is 109 Å². The second kappa shape index (κ2) is 30.0. The molecule has 1 saturated carbocycles. The molecule has 65 heavy (non-hydrogen) atoms. The van der Waals surface area contributed by atoms with E-state index in [2.05, 4.69) is 58.9 Å². The third-order valence-electron chi connectivity index (χ3n) is 11.6. The standard InChI is InChI=1S/C12H32O6Si5.C12H28O5Si4.C10H26O6Si4.CH4/c1-11(12(13)14-8-7-9-19-2)10-23(6)17-21(4)15-20(3)16-22(5)18-23;1-18-14-19(2)16-21(4,17-20(3)15-18)8-7-10-5-6-11-12(9-10)13-11;1-17-13-18(2)15-20(4,16-19(3)14-17)7-5-6-11-8-10-9-12-10;/h11,20-22H,7-10,19H2,1-6H3;10-12,18-20H,5-9H2,1-4H3;10,17-19H,5-9H2,1-4H3;1H4. The zero-order valence-electron chi connectivity index (χ0n) is 41.6. The van der Waals surface area contributed by atoms with Crippen molar-refractivity contribution in [1.29, 1.82) is 0 Å². The molecule has 0 radical (unpaired) electrons. The molecule has 5 heterocycles. The van der Waals surface area contributed by atoms with E-state index in [4.69, 9.17) is 68.3 Å². The van der Waals surface area contributed by atoms with Crippen molar-refractivity contribution in [2.45, 2.75) is 180 Å². The fraction of sp³-hybridized carbons (Fsp3) is 0.971. The summed E-state index contributed by atoms with van der Waals surface area (Å²) < 4.78 is 94.7. The molecule has 6 rings (SSSR count). The monoisotopic (exact) mass is 1150 g/mol. The van der Waals surface area contributed by atoms with Crippen molar-refractivity contribution < 1.29 is 73.1 Å². The molecular formula is C35H90O17Si13. The highest BCUT2D eigenvalue weighted by atomic mass is 28.5. The first kappa shape index (κ1) is 61.0. The number of fused-ring (bicyclic) bond motifs is 1. The number of epoxide rings is 2. The topological polar surface area (TPSA) is 171 Å². The van der Waals surface area contributed by atoms with E-state index >= 15 is 0 Å². The molecular weight excluding hydrogens is 1060 g/mol. The molecule has 0 spiro atoms. The average Bonchev–Trinajstić information content (AvgIpc) is 4.10. The van der Waals surface area contributed by atoms with Crippen molar-refractivity contribution in [2.75, 3.05) is 26.4 Å². The molecule has 11 atom stereocenters. The fourth-order valence-corrected chi connectivity index (χ4v) is 54.0. The van der Waals surface area contributed by atoms with Crippen LogP contribution in [0, 0.1) is 11.8 Å². The van der Waals surface area contributed by atoms with E-state index in [9.17, 15) is 4.79 Å². The van der Waals surface area contributed by atoms with Gasteiger partial charge in [0.2, 0.25) is 0 Å². The number of hydrogen-bond donors (Lipinski definition) is 0. The Morgan fingerprint density at radius 3 is 1.55 bits per heavy atom. The summed E-state index contributed by atoms with van der Waals surface area (Å²) in [6, 6.07) is 3.84. The van der Waals surface area contributed by atoms with Crippen molar-refractivity contribution in [2.24, 2.45) is 11.8 Å². The van der Waals surface area contributed by atoms with Crippen LogP contribution in [0.1, 0.15) is 52.9 Å². The first-order chi connectivity index (χ1) is 30.2. The van der Waals surface area contributed by atoms with Crippen molar-refractivity contribution in [3.05, 3.63) is 0 Å². The van der Waals surface area contributed by atoms with Gasteiger partial charge < -0.3 is 68.3 Å². The molecule has 0 N–H and O–H groups in total. The van der Waals surface area contributed by atoms with Gasteiger partial charge in [0.25, 0.3) is 83.6 Å². The van der Waals surface area contributed by atoms with E-state index in [1.807, 2.05) is 33.1 Å². The van der Waals surface area contributed by atoms with E-state index in [1.165, 1.54) is 31.7 Å². The lowest BCUT2D eigenvalue weighted by Gasteiger charge is -2.37. The first-order valence-electron chi connectivity index (χ1n) is 24.2. The Balaban J connectivity index is 0.000000257. The molecule has 384 valence electrons. The Hall–Kier alpha value is 1.69. The van der Waals surface area contributed by atoms with Crippen molar-refractivity contribution >= 4 is 125 Å². The third-order valence-corrected chi connectivity index (χ3v) is 55.0. The van der Waals surface area contributed by atoms with Gasteiger partial charge in [-0.15, -0.1) is 0 Å². The van der Waals surface area contributed by atoms with E-state index in [-0.39, 0.29) is 28.8 Å². The van der Waals surface area contributed by atoms with Crippen LogP contribution in [-0.4, -0.2) is 169 Å². The van der Waals surface area contributed by atoms with Gasteiger partial charge in [-0.25, -0.2) is 0 Å². The number of carbonyl (C=O) groups excluding carboxylic acids is 1. The second-order valence-electron chi connectivity index (χ2n) is 18.6. The smallest absolute Gasteiger partial charge is 0.317 e. The maximum absolute atomic E-state index is 12.2. The Bertz CT molecular complexity index is 1320. The minimum atomic E-state index is -2.45. The second-order valence-corrected chi connectivity index (χ2v) is 50.9. The summed E-state index contributed by atoms with van der Waals surface area (Å²) in [6.45, 7) is 31.9. The molecule has 1 aliphatic carbocycles. The Morgan fingerprint density at radius 1 is 0.646 bits per heavy atom. The number of carbonyl (C=O) groups is 1.